The molecule has 0 aromatic heterocycles. The highest BCUT2D eigenvalue weighted by atomic mass is 16.5. The summed E-state index contributed by atoms with van der Waals surface area (Å²) in [4.78, 5) is 23.8. The van der Waals surface area contributed by atoms with Crippen LogP contribution >= 0.6 is 0 Å². The van der Waals surface area contributed by atoms with Crippen molar-refractivity contribution in [2.45, 2.75) is 32.1 Å². The maximum atomic E-state index is 12.0. The lowest BCUT2D eigenvalue weighted by molar-refractivity contribution is -0.148. The maximum Gasteiger partial charge on any atom is 0.323 e. The number of ether oxygens (including phenoxy) is 4. The molecule has 1 atom stereocenters. The summed E-state index contributed by atoms with van der Waals surface area (Å²) in [5.41, 5.74) is 7.46. The Kier molecular flexibility index (Phi) is 8.30. The minimum atomic E-state index is -0.883. The molecule has 2 aromatic rings. The van der Waals surface area contributed by atoms with Crippen LogP contribution in [0, 0.1) is 0 Å². The highest BCUT2D eigenvalue weighted by molar-refractivity contribution is 5.77. The van der Waals surface area contributed by atoms with Crippen molar-refractivity contribution in [3.63, 3.8) is 0 Å². The summed E-state index contributed by atoms with van der Waals surface area (Å²) in [7, 11) is 3.16. The maximum absolute atomic E-state index is 12.0. The van der Waals surface area contributed by atoms with Gasteiger partial charge >= 0.3 is 11.9 Å². The molecule has 2 N–H and O–H groups in total. The van der Waals surface area contributed by atoms with Crippen molar-refractivity contribution in [2.24, 2.45) is 5.73 Å². The zero-order valence-electron chi connectivity index (χ0n) is 16.1. The minimum Gasteiger partial charge on any atom is -0.497 e. The van der Waals surface area contributed by atoms with Crippen molar-refractivity contribution in [1.29, 1.82) is 0 Å². The van der Waals surface area contributed by atoms with E-state index in [-0.39, 0.29) is 26.1 Å². The Morgan fingerprint density at radius 3 is 1.75 bits per heavy atom. The third-order valence-corrected chi connectivity index (χ3v) is 4.06. The first-order valence-electron chi connectivity index (χ1n) is 8.85. The number of carbonyl (C=O) groups excluding carboxylic acids is 2. The number of nitrogens with two attached hydrogens (primary N) is 1. The van der Waals surface area contributed by atoms with Crippen molar-refractivity contribution in [2.75, 3.05) is 14.2 Å². The topological polar surface area (TPSA) is 97.1 Å². The molecule has 0 saturated carbocycles. The lowest BCUT2D eigenvalue weighted by atomic mass is 10.1. The monoisotopic (exact) mass is 387 g/mol. The van der Waals surface area contributed by atoms with E-state index < -0.39 is 18.0 Å². The van der Waals surface area contributed by atoms with E-state index in [9.17, 15) is 9.59 Å². The second-order valence-corrected chi connectivity index (χ2v) is 6.11. The molecule has 0 saturated heterocycles. The molecule has 28 heavy (non-hydrogen) atoms. The van der Waals surface area contributed by atoms with Crippen molar-refractivity contribution in [3.8, 4) is 11.5 Å². The summed E-state index contributed by atoms with van der Waals surface area (Å²) in [6.07, 6.45) is 0.192. The van der Waals surface area contributed by atoms with Crippen LogP contribution in [-0.4, -0.2) is 32.2 Å². The summed E-state index contributed by atoms with van der Waals surface area (Å²) >= 11 is 0. The molecular formula is C21H25NO6. The van der Waals surface area contributed by atoms with Gasteiger partial charge in [0.05, 0.1) is 14.2 Å². The van der Waals surface area contributed by atoms with Gasteiger partial charge in [-0.15, -0.1) is 0 Å². The molecule has 0 spiro atoms. The van der Waals surface area contributed by atoms with Gasteiger partial charge in [-0.25, -0.2) is 0 Å². The van der Waals surface area contributed by atoms with Gasteiger partial charge in [-0.1, -0.05) is 24.3 Å². The molecule has 0 amide bonds. The van der Waals surface area contributed by atoms with Gasteiger partial charge in [0.2, 0.25) is 0 Å². The number of carbonyl (C=O) groups is 2. The fourth-order valence-corrected chi connectivity index (χ4v) is 2.33. The van der Waals surface area contributed by atoms with Gasteiger partial charge in [-0.3, -0.25) is 9.59 Å². The van der Waals surface area contributed by atoms with E-state index in [2.05, 4.69) is 0 Å². The van der Waals surface area contributed by atoms with Crippen molar-refractivity contribution in [1.82, 2.24) is 0 Å². The van der Waals surface area contributed by atoms with Crippen LogP contribution in [0.1, 0.15) is 24.0 Å². The summed E-state index contributed by atoms with van der Waals surface area (Å²) in [6, 6.07) is 13.5. The predicted octanol–water partition coefficient (Wildman–Crippen LogP) is 2.60. The lowest BCUT2D eigenvalue weighted by Crippen LogP contribution is -2.32. The molecule has 0 aliphatic rings. The Labute approximate surface area is 164 Å². The Morgan fingerprint density at radius 1 is 0.821 bits per heavy atom. The Balaban J connectivity index is 1.67. The molecule has 0 fully saturated rings. The number of benzene rings is 2. The zero-order chi connectivity index (χ0) is 20.4. The lowest BCUT2D eigenvalue weighted by Gasteiger charge is -2.12. The van der Waals surface area contributed by atoms with Gasteiger partial charge in [-0.05, 0) is 41.8 Å². The van der Waals surface area contributed by atoms with E-state index in [4.69, 9.17) is 24.7 Å². The van der Waals surface area contributed by atoms with Gasteiger partial charge in [0.25, 0.3) is 0 Å². The number of esters is 2. The van der Waals surface area contributed by atoms with E-state index in [1.807, 2.05) is 12.1 Å². The first-order valence-corrected chi connectivity index (χ1v) is 8.85. The van der Waals surface area contributed by atoms with Gasteiger partial charge < -0.3 is 24.7 Å². The number of hydrogen-bond donors (Lipinski definition) is 1. The standard InChI is InChI=1S/C21H25NO6/c1-25-17-7-3-15(4-8-17)13-27-20(23)12-11-19(22)21(24)28-14-16-5-9-18(26-2)10-6-16/h3-10,19H,11-14,22H2,1-2H3. The Morgan fingerprint density at radius 2 is 1.29 bits per heavy atom. The molecule has 0 heterocycles. The van der Waals surface area contributed by atoms with Crippen LogP contribution in [0.5, 0.6) is 11.5 Å². The molecule has 150 valence electrons. The fourth-order valence-electron chi connectivity index (χ4n) is 2.33. The minimum absolute atomic E-state index is 0.0367. The third kappa shape index (κ3) is 6.92. The molecule has 0 aliphatic heterocycles. The van der Waals surface area contributed by atoms with E-state index in [1.54, 1.807) is 50.6 Å². The summed E-state index contributed by atoms with van der Waals surface area (Å²) in [5, 5.41) is 0. The third-order valence-electron chi connectivity index (χ3n) is 4.06. The average molecular weight is 387 g/mol. The molecule has 7 nitrogen and oxygen atoms in total. The predicted molar refractivity (Wildman–Crippen MR) is 103 cm³/mol. The molecule has 0 bridgehead atoms. The summed E-state index contributed by atoms with van der Waals surface area (Å²) in [5.74, 6) is 0.474. The van der Waals surface area contributed by atoms with Crippen molar-refractivity contribution in [3.05, 3.63) is 59.7 Å². The molecule has 7 heteroatoms. The number of rotatable bonds is 10. The molecule has 2 rings (SSSR count). The van der Waals surface area contributed by atoms with Crippen molar-refractivity contribution < 1.29 is 28.5 Å². The first kappa shape index (κ1) is 21.2. The summed E-state index contributed by atoms with van der Waals surface area (Å²) in [6.45, 7) is 0.262. The molecule has 0 aliphatic carbocycles. The quantitative estimate of drug-likeness (QED) is 0.626. The molecule has 0 radical (unpaired) electrons. The van der Waals surface area contributed by atoms with Crippen LogP contribution < -0.4 is 15.2 Å². The van der Waals surface area contributed by atoms with Gasteiger partial charge in [0, 0.05) is 6.42 Å². The van der Waals surface area contributed by atoms with Crippen LogP contribution in [0.15, 0.2) is 48.5 Å². The molecular weight excluding hydrogens is 362 g/mol. The highest BCUT2D eigenvalue weighted by Gasteiger charge is 2.17. The second-order valence-electron chi connectivity index (χ2n) is 6.11. The average Bonchev–Trinajstić information content (AvgIpc) is 2.74. The highest BCUT2D eigenvalue weighted by Crippen LogP contribution is 2.13. The molecule has 1 unspecified atom stereocenters. The van der Waals surface area contributed by atoms with Gasteiger partial charge in [-0.2, -0.15) is 0 Å². The van der Waals surface area contributed by atoms with E-state index in [1.165, 1.54) is 0 Å². The van der Waals surface area contributed by atoms with E-state index in [0.717, 1.165) is 22.6 Å². The van der Waals surface area contributed by atoms with Gasteiger partial charge in [0.15, 0.2) is 0 Å². The first-order chi connectivity index (χ1) is 13.5. The largest absolute Gasteiger partial charge is 0.497 e. The van der Waals surface area contributed by atoms with Gasteiger partial charge in [0.1, 0.15) is 30.8 Å². The van der Waals surface area contributed by atoms with Crippen LogP contribution in [0.2, 0.25) is 0 Å². The number of hydrogen-bond acceptors (Lipinski definition) is 7. The van der Waals surface area contributed by atoms with E-state index >= 15 is 0 Å². The molecule has 2 aromatic carbocycles. The zero-order valence-corrected chi connectivity index (χ0v) is 16.1. The van der Waals surface area contributed by atoms with E-state index in [0.29, 0.717) is 0 Å². The van der Waals surface area contributed by atoms with Crippen molar-refractivity contribution >= 4 is 11.9 Å². The smallest absolute Gasteiger partial charge is 0.323 e. The Hall–Kier alpha value is -3.06. The number of methoxy groups -OCH3 is 2. The summed E-state index contributed by atoms with van der Waals surface area (Å²) < 4.78 is 20.5. The van der Waals surface area contributed by atoms with Crippen LogP contribution in [0.4, 0.5) is 0 Å². The van der Waals surface area contributed by atoms with Crippen LogP contribution in [-0.2, 0) is 32.3 Å². The normalized spacial score (nSPS) is 11.4. The second kappa shape index (κ2) is 10.9. The fraction of sp³-hybridized carbons (Fsp3) is 0.333. The SMILES string of the molecule is COc1ccc(COC(=O)CCC(N)C(=O)OCc2ccc(OC)cc2)cc1. The Bertz CT molecular complexity index is 757. The van der Waals surface area contributed by atoms with Crippen LogP contribution in [0.3, 0.4) is 0 Å². The van der Waals surface area contributed by atoms with Crippen LogP contribution in [0.25, 0.3) is 0 Å².